The van der Waals surface area contributed by atoms with Crippen LogP contribution in [0.2, 0.25) is 0 Å². The van der Waals surface area contributed by atoms with Crippen molar-refractivity contribution in [1.29, 1.82) is 0 Å². The van der Waals surface area contributed by atoms with Gasteiger partial charge in [0.15, 0.2) is 0 Å². The van der Waals surface area contributed by atoms with Crippen molar-refractivity contribution in [3.63, 3.8) is 0 Å². The van der Waals surface area contributed by atoms with Crippen molar-refractivity contribution in [3.8, 4) is 0 Å². The molecule has 24 heavy (non-hydrogen) atoms. The van der Waals surface area contributed by atoms with E-state index in [9.17, 15) is 5.11 Å². The number of benzene rings is 1. The molecule has 128 valence electrons. The number of aliphatic hydroxyl groups is 1. The molecule has 0 saturated heterocycles. The van der Waals surface area contributed by atoms with Crippen LogP contribution >= 0.6 is 0 Å². The first kappa shape index (κ1) is 16.7. The number of para-hydroxylation sites is 1. The van der Waals surface area contributed by atoms with E-state index in [2.05, 4.69) is 30.3 Å². The average Bonchev–Trinajstić information content (AvgIpc) is 3.16. The normalized spacial score (nSPS) is 15.5. The molecular weight excluding hydrogens is 302 g/mol. The van der Waals surface area contributed by atoms with Gasteiger partial charge in [-0.25, -0.2) is 0 Å². The number of hydrogen-bond donors (Lipinski definition) is 2. The van der Waals surface area contributed by atoms with Crippen molar-refractivity contribution in [2.75, 3.05) is 6.54 Å². The van der Waals surface area contributed by atoms with E-state index in [-0.39, 0.29) is 6.04 Å². The second kappa shape index (κ2) is 6.42. The highest BCUT2D eigenvalue weighted by atomic mass is 16.3. The van der Waals surface area contributed by atoms with Gasteiger partial charge in [-0.3, -0.25) is 4.68 Å². The molecule has 5 heteroatoms. The molecule has 0 fully saturated rings. The van der Waals surface area contributed by atoms with Crippen LogP contribution in [0.25, 0.3) is 11.0 Å². The molecule has 0 bridgehead atoms. The molecule has 3 aromatic rings. The van der Waals surface area contributed by atoms with Gasteiger partial charge in [-0.2, -0.15) is 5.10 Å². The summed E-state index contributed by atoms with van der Waals surface area (Å²) in [5.41, 5.74) is 1.95. The summed E-state index contributed by atoms with van der Waals surface area (Å²) < 4.78 is 7.76. The van der Waals surface area contributed by atoms with E-state index in [0.717, 1.165) is 23.3 Å². The fraction of sp³-hybridized carbons (Fsp3) is 0.421. The fourth-order valence-corrected chi connectivity index (χ4v) is 3.08. The van der Waals surface area contributed by atoms with Crippen molar-refractivity contribution in [3.05, 3.63) is 53.5 Å². The summed E-state index contributed by atoms with van der Waals surface area (Å²) in [5.74, 6) is 0.945. The number of fused-ring (bicyclic) bond motifs is 1. The highest BCUT2D eigenvalue weighted by molar-refractivity contribution is 5.82. The molecule has 0 radical (unpaired) electrons. The number of nitrogens with zero attached hydrogens (tertiary/aromatic N) is 2. The largest absolute Gasteiger partial charge is 0.459 e. The number of nitrogens with one attached hydrogen (secondary N) is 1. The topological polar surface area (TPSA) is 63.2 Å². The van der Waals surface area contributed by atoms with E-state index in [1.54, 1.807) is 17.8 Å². The van der Waals surface area contributed by atoms with E-state index in [4.69, 9.17) is 4.42 Å². The molecule has 0 aliphatic carbocycles. The second-order valence-electron chi connectivity index (χ2n) is 6.57. The third-order valence-corrected chi connectivity index (χ3v) is 4.56. The van der Waals surface area contributed by atoms with Gasteiger partial charge in [0.25, 0.3) is 0 Å². The highest BCUT2D eigenvalue weighted by Crippen LogP contribution is 2.31. The minimum Gasteiger partial charge on any atom is -0.459 e. The predicted molar refractivity (Wildman–Crippen MR) is 94.8 cm³/mol. The summed E-state index contributed by atoms with van der Waals surface area (Å²) in [6.45, 7) is 6.42. The van der Waals surface area contributed by atoms with Gasteiger partial charge in [-0.15, -0.1) is 0 Å². The summed E-state index contributed by atoms with van der Waals surface area (Å²) in [6, 6.07) is 8.12. The molecule has 2 heterocycles. The van der Waals surface area contributed by atoms with Crippen LogP contribution in [-0.2, 0) is 19.1 Å². The Labute approximate surface area is 142 Å². The Kier molecular flexibility index (Phi) is 4.47. The maximum absolute atomic E-state index is 10.7. The zero-order valence-electron chi connectivity index (χ0n) is 14.7. The lowest BCUT2D eigenvalue weighted by Gasteiger charge is -2.24. The molecule has 1 aromatic carbocycles. The van der Waals surface area contributed by atoms with Crippen LogP contribution < -0.4 is 5.32 Å². The lowest BCUT2D eigenvalue weighted by Crippen LogP contribution is -2.36. The molecule has 5 nitrogen and oxygen atoms in total. The van der Waals surface area contributed by atoms with Gasteiger partial charge in [0.05, 0.1) is 12.2 Å². The van der Waals surface area contributed by atoms with Crippen molar-refractivity contribution in [1.82, 2.24) is 15.1 Å². The Morgan fingerprint density at radius 2 is 2.12 bits per heavy atom. The molecule has 3 rings (SSSR count). The lowest BCUT2D eigenvalue weighted by atomic mass is 9.98. The molecule has 0 aliphatic heterocycles. The lowest BCUT2D eigenvalue weighted by molar-refractivity contribution is 0.0536. The number of aryl methyl sites for hydroxylation is 2. The summed E-state index contributed by atoms with van der Waals surface area (Å²) >= 11 is 0. The molecule has 2 N–H and O–H groups in total. The molecule has 0 aliphatic rings. The number of aromatic nitrogens is 2. The van der Waals surface area contributed by atoms with Crippen LogP contribution in [0.3, 0.4) is 0 Å². The zero-order valence-corrected chi connectivity index (χ0v) is 14.7. The number of rotatable bonds is 6. The second-order valence-corrected chi connectivity index (χ2v) is 6.57. The van der Waals surface area contributed by atoms with Gasteiger partial charge >= 0.3 is 0 Å². The number of hydrogen-bond acceptors (Lipinski definition) is 4. The van der Waals surface area contributed by atoms with E-state index in [1.807, 2.05) is 31.4 Å². The van der Waals surface area contributed by atoms with Gasteiger partial charge in [0, 0.05) is 36.3 Å². The first-order valence-corrected chi connectivity index (χ1v) is 8.37. The quantitative estimate of drug-likeness (QED) is 0.729. The molecule has 2 atom stereocenters. The Bertz CT molecular complexity index is 832. The number of furan rings is 1. The van der Waals surface area contributed by atoms with Crippen molar-refractivity contribution in [2.45, 2.75) is 38.8 Å². The van der Waals surface area contributed by atoms with E-state index in [0.29, 0.717) is 6.54 Å². The summed E-state index contributed by atoms with van der Waals surface area (Å²) in [6.07, 6.45) is 4.45. The summed E-state index contributed by atoms with van der Waals surface area (Å²) in [4.78, 5) is 0. The minimum absolute atomic E-state index is 0.00972. The van der Waals surface area contributed by atoms with Gasteiger partial charge in [-0.05, 0) is 26.3 Å². The maximum atomic E-state index is 10.7. The van der Waals surface area contributed by atoms with Gasteiger partial charge in [-0.1, -0.05) is 25.1 Å². The molecule has 0 saturated carbocycles. The third-order valence-electron chi connectivity index (χ3n) is 4.56. The molecule has 0 spiro atoms. The Balaban J connectivity index is 1.79. The third kappa shape index (κ3) is 3.09. The standard InChI is InChI=1S/C19H25N3O2/c1-5-15-16-8-6-7-9-17(16)24-18(15)13(2)20-12-19(3,23)14-10-21-22(4)11-14/h6-11,13,20,23H,5,12H2,1-4H3/t13-,19+/m1/s1. The van der Waals surface area contributed by atoms with Crippen LogP contribution in [0, 0.1) is 0 Å². The van der Waals surface area contributed by atoms with Gasteiger partial charge in [0.2, 0.25) is 0 Å². The fourth-order valence-electron chi connectivity index (χ4n) is 3.08. The SMILES string of the molecule is CCc1c([C@@H](C)NC[C@](C)(O)c2cnn(C)c2)oc2ccccc12. The Morgan fingerprint density at radius 3 is 2.79 bits per heavy atom. The Morgan fingerprint density at radius 1 is 1.38 bits per heavy atom. The van der Waals surface area contributed by atoms with E-state index < -0.39 is 5.60 Å². The smallest absolute Gasteiger partial charge is 0.134 e. The highest BCUT2D eigenvalue weighted by Gasteiger charge is 2.26. The molecular formula is C19H25N3O2. The Hall–Kier alpha value is -2.11. The first-order valence-electron chi connectivity index (χ1n) is 8.37. The van der Waals surface area contributed by atoms with Crippen LogP contribution in [0.1, 0.15) is 43.7 Å². The van der Waals surface area contributed by atoms with Crippen LogP contribution in [0.15, 0.2) is 41.1 Å². The summed E-state index contributed by atoms with van der Waals surface area (Å²) in [5, 5.41) is 19.4. The van der Waals surface area contributed by atoms with E-state index in [1.165, 1.54) is 10.9 Å². The van der Waals surface area contributed by atoms with Crippen molar-refractivity contribution >= 4 is 11.0 Å². The molecule has 2 aromatic heterocycles. The van der Waals surface area contributed by atoms with E-state index >= 15 is 0 Å². The van der Waals surface area contributed by atoms with Crippen molar-refractivity contribution in [2.24, 2.45) is 7.05 Å². The van der Waals surface area contributed by atoms with Crippen LogP contribution in [0.5, 0.6) is 0 Å². The van der Waals surface area contributed by atoms with Gasteiger partial charge < -0.3 is 14.8 Å². The monoisotopic (exact) mass is 327 g/mol. The predicted octanol–water partition coefficient (Wildman–Crippen LogP) is 3.29. The molecule has 0 unspecified atom stereocenters. The zero-order chi connectivity index (χ0) is 17.3. The average molecular weight is 327 g/mol. The maximum Gasteiger partial charge on any atom is 0.134 e. The first-order chi connectivity index (χ1) is 11.4. The van der Waals surface area contributed by atoms with Crippen LogP contribution in [0.4, 0.5) is 0 Å². The van der Waals surface area contributed by atoms with Crippen LogP contribution in [-0.4, -0.2) is 21.4 Å². The van der Waals surface area contributed by atoms with Gasteiger partial charge in [0.1, 0.15) is 16.9 Å². The summed E-state index contributed by atoms with van der Waals surface area (Å²) in [7, 11) is 1.84. The van der Waals surface area contributed by atoms with Crippen molar-refractivity contribution < 1.29 is 9.52 Å². The molecule has 0 amide bonds. The minimum atomic E-state index is -0.985.